The second-order valence-electron chi connectivity index (χ2n) is 8.25. The van der Waals surface area contributed by atoms with E-state index in [-0.39, 0.29) is 5.56 Å². The number of hydrogen-bond donors (Lipinski definition) is 2. The van der Waals surface area contributed by atoms with Crippen LogP contribution in [0.25, 0.3) is 0 Å². The lowest BCUT2D eigenvalue weighted by Crippen LogP contribution is -2.63. The quantitative estimate of drug-likeness (QED) is 0.246. The van der Waals surface area contributed by atoms with Gasteiger partial charge in [0.2, 0.25) is 0 Å². The number of aliphatic hydroxyl groups is 1. The Balaban J connectivity index is 1.95. The van der Waals surface area contributed by atoms with E-state index < -0.39 is 50.8 Å². The lowest BCUT2D eigenvalue weighted by atomic mass is 9.78. The topological polar surface area (TPSA) is 89.6 Å². The number of nitrogens with two attached hydrogens (primary N) is 1. The standard InChI is InChI=1S/C24H18F9NO4S/c25-21(26,23(29,30)31)22(27,28)24(32,33)39(36,37)38-18-13-11-15(12-14-18)19(34)20(35,16-7-3-1-4-8-16)17-9-5-2-6-10-17/h1-14,19,35H,34H2/t19-/m1/s1. The molecule has 5 nitrogen and oxygen atoms in total. The Bertz CT molecular complexity index is 1340. The number of halogens is 9. The summed E-state index contributed by atoms with van der Waals surface area (Å²) in [6.45, 7) is 0. The molecule has 0 radical (unpaired) electrons. The van der Waals surface area contributed by atoms with E-state index in [0.29, 0.717) is 23.3 Å². The van der Waals surface area contributed by atoms with E-state index in [2.05, 4.69) is 4.18 Å². The molecule has 39 heavy (non-hydrogen) atoms. The van der Waals surface area contributed by atoms with Gasteiger partial charge in [-0.2, -0.15) is 47.9 Å². The Morgan fingerprint density at radius 3 is 1.46 bits per heavy atom. The van der Waals surface area contributed by atoms with Crippen LogP contribution in [0.15, 0.2) is 84.9 Å². The summed E-state index contributed by atoms with van der Waals surface area (Å²) in [7, 11) is -7.11. The molecule has 3 aromatic rings. The Labute approximate surface area is 215 Å². The van der Waals surface area contributed by atoms with Crippen LogP contribution in [0.2, 0.25) is 0 Å². The summed E-state index contributed by atoms with van der Waals surface area (Å²) in [6.07, 6.45) is -7.21. The van der Waals surface area contributed by atoms with Crippen LogP contribution < -0.4 is 9.92 Å². The first-order valence-corrected chi connectivity index (χ1v) is 12.0. The van der Waals surface area contributed by atoms with Crippen molar-refractivity contribution in [1.29, 1.82) is 0 Å². The molecule has 212 valence electrons. The average molecular weight is 587 g/mol. The highest BCUT2D eigenvalue weighted by atomic mass is 32.2. The van der Waals surface area contributed by atoms with E-state index in [1.165, 1.54) is 0 Å². The molecule has 0 aliphatic rings. The van der Waals surface area contributed by atoms with Crippen LogP contribution in [-0.4, -0.2) is 36.8 Å². The van der Waals surface area contributed by atoms with E-state index >= 15 is 0 Å². The molecule has 0 amide bonds. The summed E-state index contributed by atoms with van der Waals surface area (Å²) in [5.41, 5.74) is 5.08. The van der Waals surface area contributed by atoms with Gasteiger partial charge in [0.05, 0.1) is 6.04 Å². The van der Waals surface area contributed by atoms with E-state index in [0.717, 1.165) is 12.1 Å². The van der Waals surface area contributed by atoms with Gasteiger partial charge in [0.1, 0.15) is 11.4 Å². The number of benzene rings is 3. The SMILES string of the molecule is N[C@H](c1ccc(OS(=O)(=O)C(F)(F)C(F)(F)C(F)(F)C(F)(F)F)cc1)C(O)(c1ccccc1)c1ccccc1. The van der Waals surface area contributed by atoms with E-state index in [1.807, 2.05) is 0 Å². The van der Waals surface area contributed by atoms with Gasteiger partial charge in [-0.15, -0.1) is 0 Å². The van der Waals surface area contributed by atoms with E-state index in [9.17, 15) is 53.0 Å². The number of hydrogen-bond acceptors (Lipinski definition) is 5. The fourth-order valence-corrected chi connectivity index (χ4v) is 4.49. The maximum absolute atomic E-state index is 13.9. The number of rotatable bonds is 9. The van der Waals surface area contributed by atoms with Crippen LogP contribution in [-0.2, 0) is 15.7 Å². The van der Waals surface area contributed by atoms with Gasteiger partial charge >= 0.3 is 33.4 Å². The molecule has 0 bridgehead atoms. The minimum Gasteiger partial charge on any atom is -0.378 e. The molecule has 0 fully saturated rings. The average Bonchev–Trinajstić information content (AvgIpc) is 2.88. The predicted octanol–water partition coefficient (Wildman–Crippen LogP) is 5.76. The van der Waals surface area contributed by atoms with Crippen LogP contribution in [0, 0.1) is 0 Å². The molecule has 0 unspecified atom stereocenters. The molecule has 0 heterocycles. The number of alkyl halides is 9. The lowest BCUT2D eigenvalue weighted by Gasteiger charge is -2.35. The van der Waals surface area contributed by atoms with Gasteiger partial charge < -0.3 is 15.0 Å². The van der Waals surface area contributed by atoms with Gasteiger partial charge in [0.15, 0.2) is 0 Å². The molecule has 15 heteroatoms. The van der Waals surface area contributed by atoms with Gasteiger partial charge in [0, 0.05) is 0 Å². The molecule has 0 aliphatic heterocycles. The van der Waals surface area contributed by atoms with Crippen molar-refractivity contribution in [1.82, 2.24) is 0 Å². The second-order valence-corrected chi connectivity index (χ2v) is 9.83. The molecule has 0 saturated heterocycles. The van der Waals surface area contributed by atoms with Crippen molar-refractivity contribution in [2.75, 3.05) is 0 Å². The zero-order chi connectivity index (χ0) is 29.5. The summed E-state index contributed by atoms with van der Waals surface area (Å²) in [6, 6.07) is 17.8. The molecule has 3 rings (SSSR count). The van der Waals surface area contributed by atoms with Crippen molar-refractivity contribution in [3.63, 3.8) is 0 Å². The second kappa shape index (κ2) is 10.0. The van der Waals surface area contributed by atoms with E-state index in [4.69, 9.17) is 5.73 Å². The van der Waals surface area contributed by atoms with Gasteiger partial charge in [0.25, 0.3) is 0 Å². The van der Waals surface area contributed by atoms with Crippen molar-refractivity contribution in [3.05, 3.63) is 102 Å². The highest BCUT2D eigenvalue weighted by Crippen LogP contribution is 2.55. The van der Waals surface area contributed by atoms with Crippen LogP contribution in [0.4, 0.5) is 39.5 Å². The summed E-state index contributed by atoms with van der Waals surface area (Å²) >= 11 is 0. The third kappa shape index (κ3) is 5.05. The normalized spacial score (nSPS) is 14.6. The third-order valence-corrected chi connectivity index (χ3v) is 7.05. The zero-order valence-corrected chi connectivity index (χ0v) is 20.0. The molecule has 3 aromatic carbocycles. The van der Waals surface area contributed by atoms with Gasteiger partial charge in [-0.05, 0) is 28.8 Å². The lowest BCUT2D eigenvalue weighted by molar-refractivity contribution is -0.382. The molecule has 0 aliphatic carbocycles. The van der Waals surface area contributed by atoms with Crippen molar-refractivity contribution in [2.24, 2.45) is 5.73 Å². The Hall–Kier alpha value is -3.30. The first kappa shape index (κ1) is 30.2. The molecule has 1 atom stereocenters. The van der Waals surface area contributed by atoms with Crippen LogP contribution in [0.1, 0.15) is 22.7 Å². The summed E-state index contributed by atoms with van der Waals surface area (Å²) < 4.78 is 145. The van der Waals surface area contributed by atoms with Crippen molar-refractivity contribution in [3.8, 4) is 5.75 Å². The molecule has 0 spiro atoms. The molecule has 0 saturated carbocycles. The van der Waals surface area contributed by atoms with E-state index in [1.54, 1.807) is 60.7 Å². The Kier molecular flexibility index (Phi) is 7.77. The largest absolute Gasteiger partial charge is 0.460 e. The van der Waals surface area contributed by atoms with Crippen molar-refractivity contribution < 1.29 is 57.2 Å². The highest BCUT2D eigenvalue weighted by molar-refractivity contribution is 7.88. The Morgan fingerprint density at radius 1 is 0.667 bits per heavy atom. The molecule has 3 N–H and O–H groups in total. The molecule has 0 aromatic heterocycles. The smallest absolute Gasteiger partial charge is 0.378 e. The molecular weight excluding hydrogens is 569 g/mol. The minimum atomic E-state index is -7.43. The van der Waals surface area contributed by atoms with Crippen LogP contribution in [0.5, 0.6) is 5.75 Å². The van der Waals surface area contributed by atoms with Crippen LogP contribution in [0.3, 0.4) is 0 Å². The first-order chi connectivity index (χ1) is 17.8. The van der Waals surface area contributed by atoms with Gasteiger partial charge in [-0.25, -0.2) is 0 Å². The monoisotopic (exact) mass is 587 g/mol. The maximum Gasteiger partial charge on any atom is 0.460 e. The minimum absolute atomic E-state index is 0.0376. The first-order valence-electron chi connectivity index (χ1n) is 10.6. The maximum atomic E-state index is 13.9. The summed E-state index contributed by atoms with van der Waals surface area (Å²) in [4.78, 5) is 0. The summed E-state index contributed by atoms with van der Waals surface area (Å²) in [5, 5.41) is 4.67. The van der Waals surface area contributed by atoms with Crippen molar-refractivity contribution >= 4 is 10.1 Å². The third-order valence-electron chi connectivity index (χ3n) is 5.75. The fourth-order valence-electron chi connectivity index (χ4n) is 3.58. The fraction of sp³-hybridized carbons (Fsp3) is 0.250. The predicted molar refractivity (Wildman–Crippen MR) is 120 cm³/mol. The Morgan fingerprint density at radius 2 is 1.08 bits per heavy atom. The van der Waals surface area contributed by atoms with Gasteiger partial charge in [-0.1, -0.05) is 72.8 Å². The van der Waals surface area contributed by atoms with Crippen LogP contribution >= 0.6 is 0 Å². The zero-order valence-electron chi connectivity index (χ0n) is 19.2. The molecular formula is C24H18F9NO4S. The highest BCUT2D eigenvalue weighted by Gasteiger charge is 2.86. The van der Waals surface area contributed by atoms with Gasteiger partial charge in [-0.3, -0.25) is 0 Å². The van der Waals surface area contributed by atoms with Crippen molar-refractivity contribution in [2.45, 2.75) is 34.9 Å². The summed E-state index contributed by atoms with van der Waals surface area (Å²) in [5.74, 6) is -16.0.